The molecule has 0 spiro atoms. The third-order valence-electron chi connectivity index (χ3n) is 7.42. The summed E-state index contributed by atoms with van der Waals surface area (Å²) in [5.41, 5.74) is 9.49. The van der Waals surface area contributed by atoms with E-state index in [1.807, 2.05) is 38.1 Å². The molecule has 2 aromatic carbocycles. The van der Waals surface area contributed by atoms with Gasteiger partial charge in [0.25, 0.3) is 11.7 Å². The van der Waals surface area contributed by atoms with E-state index in [1.165, 1.54) is 14.0 Å². The Kier molecular flexibility index (Phi) is 8.68. The van der Waals surface area contributed by atoms with Gasteiger partial charge in [-0.15, -0.1) is 0 Å². The Morgan fingerprint density at radius 3 is 2.43 bits per heavy atom. The fourth-order valence-corrected chi connectivity index (χ4v) is 5.48. The number of rotatable bonds is 11. The third-order valence-corrected chi connectivity index (χ3v) is 7.42. The highest BCUT2D eigenvalue weighted by atomic mass is 16.7. The second-order valence-electron chi connectivity index (χ2n) is 10.5. The van der Waals surface area contributed by atoms with Gasteiger partial charge < -0.3 is 30.3 Å². The molecule has 12 nitrogen and oxygen atoms in total. The first-order chi connectivity index (χ1) is 20.0. The number of para-hydroxylation sites is 1. The minimum Gasteiger partial charge on any atom is -0.481 e. The number of aromatic nitrogens is 1. The molecule has 218 valence electrons. The molecule has 0 aliphatic carbocycles. The monoisotopic (exact) mass is 572 g/mol. The van der Waals surface area contributed by atoms with Gasteiger partial charge in [-0.25, -0.2) is 0 Å². The first-order valence-corrected chi connectivity index (χ1v) is 13.4. The maximum atomic E-state index is 14.2. The molecule has 2 N–H and O–H groups in total. The summed E-state index contributed by atoms with van der Waals surface area (Å²) in [5.74, 6) is -3.32. The van der Waals surface area contributed by atoms with Crippen LogP contribution >= 0.6 is 0 Å². The highest BCUT2D eigenvalue weighted by Crippen LogP contribution is 2.41. The summed E-state index contributed by atoms with van der Waals surface area (Å²) in [6.07, 6.45) is 1.52. The van der Waals surface area contributed by atoms with E-state index < -0.39 is 41.8 Å². The lowest BCUT2D eigenvalue weighted by Crippen LogP contribution is -2.54. The lowest BCUT2D eigenvalue weighted by molar-refractivity contribution is -0.160. The molecule has 2 heterocycles. The zero-order chi connectivity index (χ0) is 30.6. The number of aromatic amines is 1. The second kappa shape index (κ2) is 12.2. The van der Waals surface area contributed by atoms with Crippen LogP contribution in [0.4, 0.5) is 5.69 Å². The van der Waals surface area contributed by atoms with E-state index in [9.17, 15) is 24.3 Å². The summed E-state index contributed by atoms with van der Waals surface area (Å²) in [5, 5.41) is 14.7. The van der Waals surface area contributed by atoms with Gasteiger partial charge in [0, 0.05) is 43.1 Å². The molecule has 0 bridgehead atoms. The summed E-state index contributed by atoms with van der Waals surface area (Å²) in [6.45, 7) is 5.33. The number of amides is 2. The summed E-state index contributed by atoms with van der Waals surface area (Å²) in [7, 11) is 1.29. The van der Waals surface area contributed by atoms with Crippen LogP contribution in [0, 0.1) is 5.92 Å². The van der Waals surface area contributed by atoms with Crippen LogP contribution in [-0.2, 0) is 29.6 Å². The highest BCUT2D eigenvalue weighted by Gasteiger charge is 2.53. The smallest absolute Gasteiger partial charge is 0.325 e. The number of nitrogens with zero attached hydrogens (tertiary/aromatic N) is 5. The molecule has 1 aliphatic rings. The molecular weight excluding hydrogens is 540 g/mol. The van der Waals surface area contributed by atoms with Gasteiger partial charge in [0.05, 0.1) is 23.9 Å². The number of ketones is 1. The second-order valence-corrected chi connectivity index (χ2v) is 10.5. The zero-order valence-corrected chi connectivity index (χ0v) is 23.7. The number of aliphatic carboxylic acids is 1. The van der Waals surface area contributed by atoms with Crippen molar-refractivity contribution >= 4 is 52.1 Å². The topological polar surface area (TPSA) is 169 Å². The van der Waals surface area contributed by atoms with Crippen LogP contribution in [0.15, 0.2) is 65.9 Å². The molecule has 1 aliphatic heterocycles. The molecule has 12 heteroatoms. The van der Waals surface area contributed by atoms with Crippen molar-refractivity contribution in [3.63, 3.8) is 0 Å². The molecule has 3 aromatic rings. The van der Waals surface area contributed by atoms with Gasteiger partial charge in [0.2, 0.25) is 11.5 Å². The molecule has 0 saturated heterocycles. The summed E-state index contributed by atoms with van der Waals surface area (Å²) < 4.78 is 0. The van der Waals surface area contributed by atoms with Crippen molar-refractivity contribution in [3.8, 4) is 0 Å². The van der Waals surface area contributed by atoms with E-state index >= 15 is 0 Å². The first-order valence-electron chi connectivity index (χ1n) is 13.4. The van der Waals surface area contributed by atoms with Crippen molar-refractivity contribution in [3.05, 3.63) is 71.9 Å². The van der Waals surface area contributed by atoms with Gasteiger partial charge in [-0.2, -0.15) is 4.79 Å². The summed E-state index contributed by atoms with van der Waals surface area (Å²) in [6, 6.07) is 14.1. The molecule has 1 unspecified atom stereocenters. The van der Waals surface area contributed by atoms with Crippen LogP contribution in [0.25, 0.3) is 16.4 Å². The number of likely N-dealkylation sites (N-methyl/N-ethyl adjacent to an activating group) is 1. The Morgan fingerprint density at radius 2 is 1.81 bits per heavy atom. The Labute approximate surface area is 242 Å². The van der Waals surface area contributed by atoms with Gasteiger partial charge in [-0.3, -0.25) is 19.2 Å². The Morgan fingerprint density at radius 1 is 1.14 bits per heavy atom. The number of oxime groups is 1. The van der Waals surface area contributed by atoms with Gasteiger partial charge in [0.15, 0.2) is 0 Å². The number of carboxylic acids is 1. The molecule has 42 heavy (non-hydrogen) atoms. The lowest BCUT2D eigenvalue weighted by atomic mass is 9.83. The molecule has 2 amide bonds. The van der Waals surface area contributed by atoms with Crippen LogP contribution in [0.3, 0.4) is 0 Å². The quantitative estimate of drug-likeness (QED) is 0.203. The van der Waals surface area contributed by atoms with Crippen LogP contribution in [0.1, 0.15) is 39.2 Å². The molecule has 0 radical (unpaired) electrons. The number of nitrogens with one attached hydrogen (secondary N) is 1. The van der Waals surface area contributed by atoms with E-state index in [2.05, 4.69) is 14.9 Å². The van der Waals surface area contributed by atoms with Crippen LogP contribution in [0.2, 0.25) is 0 Å². The minimum absolute atomic E-state index is 0.0722. The fraction of sp³-hybridized carbons (Fsp3) is 0.333. The van der Waals surface area contributed by atoms with Gasteiger partial charge >= 0.3 is 12.2 Å². The van der Waals surface area contributed by atoms with Crippen LogP contribution in [-0.4, -0.2) is 74.4 Å². The lowest BCUT2D eigenvalue weighted by Gasteiger charge is -2.35. The van der Waals surface area contributed by atoms with Crippen molar-refractivity contribution in [2.24, 2.45) is 11.1 Å². The van der Waals surface area contributed by atoms with E-state index in [4.69, 9.17) is 10.4 Å². The van der Waals surface area contributed by atoms with E-state index in [1.54, 1.807) is 41.4 Å². The van der Waals surface area contributed by atoms with Crippen molar-refractivity contribution in [2.75, 3.05) is 11.9 Å². The van der Waals surface area contributed by atoms with Crippen molar-refractivity contribution < 1.29 is 33.9 Å². The Bertz CT molecular complexity index is 1590. The number of carboxylic acid groups (broad SMARTS) is 1. The molecule has 1 aromatic heterocycles. The average Bonchev–Trinajstić information content (AvgIpc) is 3.59. The predicted octanol–water partition coefficient (Wildman–Crippen LogP) is 3.39. The molecule has 0 fully saturated rings. The number of benzene rings is 2. The number of carbonyl (C=O) groups is 4. The number of H-pyrrole nitrogens is 1. The number of fused-ring (bicyclic) bond motifs is 1. The third kappa shape index (κ3) is 5.57. The number of Topliss-reactive ketones (excluding diaryl/α,β-unsaturated/α-hetero) is 1. The predicted molar refractivity (Wildman–Crippen MR) is 155 cm³/mol. The van der Waals surface area contributed by atoms with Crippen LogP contribution < -0.4 is 4.90 Å². The Hall–Kier alpha value is -5.09. The summed E-state index contributed by atoms with van der Waals surface area (Å²) >= 11 is 0. The first kappa shape index (κ1) is 29.9. The van der Waals surface area contributed by atoms with Gasteiger partial charge in [0.1, 0.15) is 6.04 Å². The standard InChI is InChI=1S/C30H32N6O6/c1-18(2)28(36(19(3)37)25-16-32-22-13-9-8-12-21(22)25)23-15-30(42-34-23,20-10-6-5-7-11-20)29(41)35(4)24(14-27(39)40)26(38)17-33-31/h5-13,16-18,24,28,32H,14-15H2,1-4H3,(H,39,40)/t24-,28-,30?/m0/s1. The van der Waals surface area contributed by atoms with Gasteiger partial charge in [-0.1, -0.05) is 67.5 Å². The molecular formula is C30H32N6O6. The van der Waals surface area contributed by atoms with E-state index in [-0.39, 0.29) is 18.2 Å². The molecule has 0 saturated carbocycles. The number of carbonyl (C=O) groups excluding carboxylic acids is 3. The number of hydrogen-bond donors (Lipinski definition) is 2. The maximum absolute atomic E-state index is 14.2. The molecule has 3 atom stereocenters. The SMILES string of the molecule is CC(=O)N(c1c[nH]c2ccccc12)[C@H](C1=NOC(C(=O)N(C)[C@@H](CC(=O)O)C(=O)C=[N+]=[N-])(c2ccccc2)C1)C(C)C. The zero-order valence-electron chi connectivity index (χ0n) is 23.7. The van der Waals surface area contributed by atoms with Crippen LogP contribution in [0.5, 0.6) is 0 Å². The molecule has 4 rings (SSSR count). The summed E-state index contributed by atoms with van der Waals surface area (Å²) in [4.78, 5) is 66.2. The van der Waals surface area contributed by atoms with Crippen molar-refractivity contribution in [2.45, 2.75) is 51.3 Å². The van der Waals surface area contributed by atoms with E-state index in [0.29, 0.717) is 23.2 Å². The van der Waals surface area contributed by atoms with Gasteiger partial charge in [-0.05, 0) is 12.0 Å². The largest absolute Gasteiger partial charge is 0.481 e. The minimum atomic E-state index is -1.76. The number of hydrogen-bond acceptors (Lipinski definition) is 6. The Balaban J connectivity index is 1.78. The fourth-order valence-electron chi connectivity index (χ4n) is 5.48. The maximum Gasteiger partial charge on any atom is 0.325 e. The highest BCUT2D eigenvalue weighted by molar-refractivity contribution is 6.28. The van der Waals surface area contributed by atoms with E-state index in [0.717, 1.165) is 15.8 Å². The van der Waals surface area contributed by atoms with Crippen molar-refractivity contribution in [1.82, 2.24) is 9.88 Å². The average molecular weight is 573 g/mol. The van der Waals surface area contributed by atoms with Crippen molar-refractivity contribution in [1.29, 1.82) is 0 Å². The normalized spacial score (nSPS) is 17.5. The number of anilines is 1.